The molecule has 0 spiro atoms. The fourth-order valence-electron chi connectivity index (χ4n) is 2.10. The number of ether oxygens (including phenoxy) is 1. The maximum Gasteiger partial charge on any atom is 0.339 e. The van der Waals surface area contributed by atoms with Gasteiger partial charge in [-0.15, -0.1) is 0 Å². The molecule has 2 nitrogen and oxygen atoms in total. The van der Waals surface area contributed by atoms with Gasteiger partial charge in [0.05, 0.1) is 5.57 Å². The Kier molecular flexibility index (Phi) is 4.43. The molecule has 0 amide bonds. The molecule has 18 heavy (non-hydrogen) atoms. The first-order valence-electron chi connectivity index (χ1n) is 6.39. The van der Waals surface area contributed by atoms with Crippen molar-refractivity contribution < 1.29 is 9.53 Å². The van der Waals surface area contributed by atoms with Crippen LogP contribution in [0.4, 0.5) is 0 Å². The van der Waals surface area contributed by atoms with Crippen LogP contribution < -0.4 is 0 Å². The first-order valence-corrected chi connectivity index (χ1v) is 6.77. The molecule has 1 aromatic carbocycles. The van der Waals surface area contributed by atoms with Crippen molar-refractivity contribution in [2.24, 2.45) is 0 Å². The van der Waals surface area contributed by atoms with Crippen LogP contribution in [0.3, 0.4) is 0 Å². The molecule has 0 saturated heterocycles. The topological polar surface area (TPSA) is 26.3 Å². The Hall–Kier alpha value is -1.28. The largest absolute Gasteiger partial charge is 0.454 e. The molecule has 0 aliphatic carbocycles. The molecule has 3 heteroatoms. The monoisotopic (exact) mass is 264 g/mol. The van der Waals surface area contributed by atoms with Crippen molar-refractivity contribution in [3.63, 3.8) is 0 Å². The number of esters is 1. The average Bonchev–Trinajstić information content (AvgIpc) is 2.71. The van der Waals surface area contributed by atoms with Gasteiger partial charge in [-0.2, -0.15) is 0 Å². The van der Waals surface area contributed by atoms with Crippen LogP contribution >= 0.6 is 11.6 Å². The fourth-order valence-corrected chi connectivity index (χ4v) is 2.29. The third-order valence-electron chi connectivity index (χ3n) is 3.06. The molecule has 1 heterocycles. The van der Waals surface area contributed by atoms with Gasteiger partial charge in [-0.25, -0.2) is 4.79 Å². The number of halogens is 1. The quantitative estimate of drug-likeness (QED) is 0.588. The van der Waals surface area contributed by atoms with E-state index < -0.39 is 0 Å². The number of hydrogen-bond donors (Lipinski definition) is 0. The zero-order chi connectivity index (χ0) is 13.0. The van der Waals surface area contributed by atoms with Gasteiger partial charge in [0.1, 0.15) is 6.10 Å². The van der Waals surface area contributed by atoms with Gasteiger partial charge in [0.25, 0.3) is 0 Å². The Bertz CT molecular complexity index is 465. The Balaban J connectivity index is 2.08. The van der Waals surface area contributed by atoms with Crippen LogP contribution in [0.5, 0.6) is 0 Å². The summed E-state index contributed by atoms with van der Waals surface area (Å²) in [5, 5.41) is 0.635. The molecule has 1 aromatic rings. The third kappa shape index (κ3) is 3.14. The highest BCUT2D eigenvalue weighted by Crippen LogP contribution is 2.27. The summed E-state index contributed by atoms with van der Waals surface area (Å²) in [5.41, 5.74) is 1.48. The predicted molar refractivity (Wildman–Crippen MR) is 73.5 cm³/mol. The lowest BCUT2D eigenvalue weighted by Crippen LogP contribution is -2.07. The maximum atomic E-state index is 11.8. The molecule has 1 unspecified atom stereocenters. The summed E-state index contributed by atoms with van der Waals surface area (Å²) < 4.78 is 5.34. The van der Waals surface area contributed by atoms with Crippen molar-refractivity contribution in [1.82, 2.24) is 0 Å². The molecule has 1 aliphatic heterocycles. The lowest BCUT2D eigenvalue weighted by molar-refractivity contribution is -0.137. The van der Waals surface area contributed by atoms with E-state index in [1.165, 1.54) is 12.8 Å². The van der Waals surface area contributed by atoms with Gasteiger partial charge in [0.2, 0.25) is 0 Å². The molecule has 0 saturated carbocycles. The zero-order valence-corrected chi connectivity index (χ0v) is 11.2. The van der Waals surface area contributed by atoms with Crippen molar-refractivity contribution in [2.75, 3.05) is 0 Å². The first-order chi connectivity index (χ1) is 8.70. The summed E-state index contributed by atoms with van der Waals surface area (Å²) >= 11 is 5.93. The number of cyclic esters (lactones) is 1. The zero-order valence-electron chi connectivity index (χ0n) is 10.5. The highest BCUT2D eigenvalue weighted by molar-refractivity contribution is 6.31. The molecule has 96 valence electrons. The van der Waals surface area contributed by atoms with E-state index in [1.54, 1.807) is 12.1 Å². The van der Waals surface area contributed by atoms with Gasteiger partial charge < -0.3 is 4.74 Å². The maximum absolute atomic E-state index is 11.8. The summed E-state index contributed by atoms with van der Waals surface area (Å²) in [6, 6.07) is 7.32. The van der Waals surface area contributed by atoms with Gasteiger partial charge in [0.15, 0.2) is 0 Å². The average molecular weight is 265 g/mol. The minimum absolute atomic E-state index is 0.0713. The van der Waals surface area contributed by atoms with Gasteiger partial charge in [-0.3, -0.25) is 0 Å². The number of carbonyl (C=O) groups excluding carboxylic acids is 1. The van der Waals surface area contributed by atoms with Gasteiger partial charge in [-0.1, -0.05) is 43.5 Å². The van der Waals surface area contributed by atoms with Crippen molar-refractivity contribution >= 4 is 23.1 Å². The smallest absolute Gasteiger partial charge is 0.339 e. The SMILES string of the molecule is CCCCCC1C=C(c2cccc(Cl)c2)C(=O)O1. The van der Waals surface area contributed by atoms with Crippen molar-refractivity contribution in [1.29, 1.82) is 0 Å². The van der Waals surface area contributed by atoms with Crippen LogP contribution in [0.25, 0.3) is 5.57 Å². The van der Waals surface area contributed by atoms with E-state index in [1.807, 2.05) is 18.2 Å². The van der Waals surface area contributed by atoms with Gasteiger partial charge in [-0.05, 0) is 36.6 Å². The highest BCUT2D eigenvalue weighted by Gasteiger charge is 2.26. The van der Waals surface area contributed by atoms with E-state index >= 15 is 0 Å². The Morgan fingerprint density at radius 3 is 2.89 bits per heavy atom. The highest BCUT2D eigenvalue weighted by atomic mass is 35.5. The number of rotatable bonds is 5. The fraction of sp³-hybridized carbons (Fsp3) is 0.400. The van der Waals surface area contributed by atoms with Gasteiger partial charge in [0, 0.05) is 5.02 Å². The molecule has 0 fully saturated rings. The summed E-state index contributed by atoms with van der Waals surface area (Å²) in [6.07, 6.45) is 6.19. The van der Waals surface area contributed by atoms with Crippen molar-refractivity contribution in [3.05, 3.63) is 40.9 Å². The summed E-state index contributed by atoms with van der Waals surface area (Å²) in [7, 11) is 0. The van der Waals surface area contributed by atoms with Crippen molar-refractivity contribution in [2.45, 2.75) is 38.7 Å². The number of carbonyl (C=O) groups is 1. The lowest BCUT2D eigenvalue weighted by atomic mass is 10.0. The van der Waals surface area contributed by atoms with E-state index in [-0.39, 0.29) is 12.1 Å². The van der Waals surface area contributed by atoms with Crippen LogP contribution in [0.1, 0.15) is 38.2 Å². The summed E-state index contributed by atoms with van der Waals surface area (Å²) in [5.74, 6) is -0.237. The molecule has 1 aliphatic rings. The van der Waals surface area contributed by atoms with E-state index in [2.05, 4.69) is 6.92 Å². The lowest BCUT2D eigenvalue weighted by Gasteiger charge is -2.06. The molecule has 0 aromatic heterocycles. The summed E-state index contributed by atoms with van der Waals surface area (Å²) in [4.78, 5) is 11.8. The molecule has 0 N–H and O–H groups in total. The molecule has 0 bridgehead atoms. The van der Waals surface area contributed by atoms with Crippen LogP contribution in [-0.4, -0.2) is 12.1 Å². The Morgan fingerprint density at radius 2 is 2.17 bits per heavy atom. The normalized spacial score (nSPS) is 18.7. The number of benzene rings is 1. The Labute approximate surface area is 113 Å². The third-order valence-corrected chi connectivity index (χ3v) is 3.29. The second-order valence-electron chi connectivity index (χ2n) is 4.53. The molecular formula is C15H17ClO2. The van der Waals surface area contributed by atoms with Crippen LogP contribution in [0.2, 0.25) is 5.02 Å². The standard InChI is InChI=1S/C15H17ClO2/c1-2-3-4-8-13-10-14(15(17)18-13)11-6-5-7-12(16)9-11/h5-7,9-10,13H,2-4,8H2,1H3. The summed E-state index contributed by atoms with van der Waals surface area (Å²) in [6.45, 7) is 2.16. The van der Waals surface area contributed by atoms with E-state index in [4.69, 9.17) is 16.3 Å². The molecule has 1 atom stereocenters. The molecule has 0 radical (unpaired) electrons. The second-order valence-corrected chi connectivity index (χ2v) is 4.97. The number of hydrogen-bond acceptors (Lipinski definition) is 2. The number of unbranched alkanes of at least 4 members (excludes halogenated alkanes) is 2. The second kappa shape index (κ2) is 6.05. The molecule has 2 rings (SSSR count). The predicted octanol–water partition coefficient (Wildman–Crippen LogP) is 4.23. The first kappa shape index (κ1) is 13.2. The Morgan fingerprint density at radius 1 is 1.33 bits per heavy atom. The van der Waals surface area contributed by atoms with E-state index in [0.717, 1.165) is 18.4 Å². The van der Waals surface area contributed by atoms with Gasteiger partial charge >= 0.3 is 5.97 Å². The minimum Gasteiger partial charge on any atom is -0.454 e. The van der Waals surface area contributed by atoms with Crippen LogP contribution in [0.15, 0.2) is 30.3 Å². The van der Waals surface area contributed by atoms with E-state index in [9.17, 15) is 4.79 Å². The minimum atomic E-state index is -0.237. The van der Waals surface area contributed by atoms with Crippen molar-refractivity contribution in [3.8, 4) is 0 Å². The van der Waals surface area contributed by atoms with Crippen LogP contribution in [-0.2, 0) is 9.53 Å². The van der Waals surface area contributed by atoms with Crippen LogP contribution in [0, 0.1) is 0 Å². The molecular weight excluding hydrogens is 248 g/mol. The van der Waals surface area contributed by atoms with E-state index in [0.29, 0.717) is 10.6 Å².